The van der Waals surface area contributed by atoms with Gasteiger partial charge in [-0.2, -0.15) is 0 Å². The average molecular weight is 254 g/mol. The van der Waals surface area contributed by atoms with Gasteiger partial charge in [0.1, 0.15) is 17.1 Å². The number of methoxy groups -OCH3 is 1. The standard InChI is InChI=1S/C10H11ClF3NO/c1-10(15,9(13)14)7-6(16-2)4-3-5(12)8(7)11/h3-4,9H,15H2,1-2H3. The van der Waals surface area contributed by atoms with Crippen LogP contribution in [0.2, 0.25) is 5.02 Å². The minimum atomic E-state index is -2.89. The third-order valence-corrected chi connectivity index (χ3v) is 2.64. The molecule has 0 aliphatic carbocycles. The van der Waals surface area contributed by atoms with E-state index in [0.717, 1.165) is 13.0 Å². The summed E-state index contributed by atoms with van der Waals surface area (Å²) in [7, 11) is 1.27. The van der Waals surface area contributed by atoms with Crippen molar-refractivity contribution in [3.63, 3.8) is 0 Å². The summed E-state index contributed by atoms with van der Waals surface area (Å²) in [5, 5.41) is -0.440. The molecule has 0 fully saturated rings. The molecule has 0 amide bonds. The van der Waals surface area contributed by atoms with Gasteiger partial charge in [0.15, 0.2) is 0 Å². The highest BCUT2D eigenvalue weighted by molar-refractivity contribution is 6.31. The Balaban J connectivity index is 3.46. The molecule has 1 unspecified atom stereocenters. The molecule has 1 atom stereocenters. The first-order valence-electron chi connectivity index (χ1n) is 4.41. The molecular formula is C10H11ClF3NO. The molecule has 90 valence electrons. The zero-order valence-corrected chi connectivity index (χ0v) is 9.49. The number of benzene rings is 1. The van der Waals surface area contributed by atoms with Crippen molar-refractivity contribution in [1.82, 2.24) is 0 Å². The highest BCUT2D eigenvalue weighted by atomic mass is 35.5. The van der Waals surface area contributed by atoms with Gasteiger partial charge < -0.3 is 10.5 Å². The van der Waals surface area contributed by atoms with Gasteiger partial charge in [-0.25, -0.2) is 13.2 Å². The fraction of sp³-hybridized carbons (Fsp3) is 0.400. The Hall–Kier alpha value is -0.940. The van der Waals surface area contributed by atoms with Crippen LogP contribution < -0.4 is 10.5 Å². The first kappa shape index (κ1) is 13.1. The van der Waals surface area contributed by atoms with E-state index in [-0.39, 0.29) is 11.3 Å². The Morgan fingerprint density at radius 1 is 1.44 bits per heavy atom. The number of alkyl halides is 2. The summed E-state index contributed by atoms with van der Waals surface area (Å²) in [5.41, 5.74) is 3.15. The molecule has 2 N–H and O–H groups in total. The van der Waals surface area contributed by atoms with Gasteiger partial charge in [-0.05, 0) is 19.1 Å². The van der Waals surface area contributed by atoms with Crippen molar-refractivity contribution in [2.45, 2.75) is 18.9 Å². The Morgan fingerprint density at radius 2 is 2.00 bits per heavy atom. The lowest BCUT2D eigenvalue weighted by Crippen LogP contribution is -2.41. The van der Waals surface area contributed by atoms with Crippen LogP contribution in [0.1, 0.15) is 12.5 Å². The van der Waals surface area contributed by atoms with E-state index in [4.69, 9.17) is 22.1 Å². The summed E-state index contributed by atoms with van der Waals surface area (Å²) in [5.74, 6) is -0.772. The molecular weight excluding hydrogens is 243 g/mol. The minimum absolute atomic E-state index is 0.0386. The molecule has 0 saturated carbocycles. The predicted molar refractivity (Wildman–Crippen MR) is 55.5 cm³/mol. The largest absolute Gasteiger partial charge is 0.496 e. The van der Waals surface area contributed by atoms with Crippen molar-refractivity contribution in [2.75, 3.05) is 7.11 Å². The fourth-order valence-corrected chi connectivity index (χ4v) is 1.67. The van der Waals surface area contributed by atoms with E-state index in [0.29, 0.717) is 0 Å². The van der Waals surface area contributed by atoms with E-state index in [2.05, 4.69) is 0 Å². The Bertz CT molecular complexity index is 396. The van der Waals surface area contributed by atoms with Crippen molar-refractivity contribution in [3.8, 4) is 5.75 Å². The minimum Gasteiger partial charge on any atom is -0.496 e. The molecule has 1 aromatic carbocycles. The van der Waals surface area contributed by atoms with Gasteiger partial charge in [0, 0.05) is 5.56 Å². The first-order valence-corrected chi connectivity index (χ1v) is 4.79. The molecule has 0 radical (unpaired) electrons. The molecule has 1 rings (SSSR count). The van der Waals surface area contributed by atoms with Crippen LogP contribution in [0.15, 0.2) is 12.1 Å². The van der Waals surface area contributed by atoms with Crippen LogP contribution in [-0.4, -0.2) is 13.5 Å². The first-order chi connectivity index (χ1) is 7.32. The van der Waals surface area contributed by atoms with Gasteiger partial charge in [0.25, 0.3) is 6.43 Å². The van der Waals surface area contributed by atoms with E-state index in [9.17, 15) is 13.2 Å². The third-order valence-electron chi connectivity index (χ3n) is 2.27. The summed E-state index contributed by atoms with van der Waals surface area (Å²) >= 11 is 5.64. The Morgan fingerprint density at radius 3 is 2.44 bits per heavy atom. The van der Waals surface area contributed by atoms with Crippen LogP contribution in [0.5, 0.6) is 5.75 Å². The SMILES string of the molecule is COc1ccc(F)c(Cl)c1C(C)(N)C(F)F. The number of hydrogen-bond donors (Lipinski definition) is 1. The van der Waals surface area contributed by atoms with Crippen molar-refractivity contribution in [3.05, 3.63) is 28.5 Å². The second kappa shape index (κ2) is 4.51. The topological polar surface area (TPSA) is 35.2 Å². The maximum Gasteiger partial charge on any atom is 0.260 e. The highest BCUT2D eigenvalue weighted by Crippen LogP contribution is 2.39. The summed E-state index contributed by atoms with van der Waals surface area (Å²) in [6.07, 6.45) is -2.89. The van der Waals surface area contributed by atoms with E-state index >= 15 is 0 Å². The lowest BCUT2D eigenvalue weighted by Gasteiger charge is -2.27. The second-order valence-electron chi connectivity index (χ2n) is 3.52. The van der Waals surface area contributed by atoms with E-state index in [1.807, 2.05) is 0 Å². The van der Waals surface area contributed by atoms with E-state index in [1.54, 1.807) is 0 Å². The van der Waals surface area contributed by atoms with Crippen LogP contribution in [0.4, 0.5) is 13.2 Å². The van der Waals surface area contributed by atoms with Gasteiger partial charge in [0.2, 0.25) is 0 Å². The monoisotopic (exact) mass is 253 g/mol. The Kier molecular flexibility index (Phi) is 3.70. The maximum atomic E-state index is 13.2. The summed E-state index contributed by atoms with van der Waals surface area (Å²) in [6.45, 7) is 1.07. The average Bonchev–Trinajstić information content (AvgIpc) is 2.21. The Labute approximate surface area is 96.1 Å². The lowest BCUT2D eigenvalue weighted by atomic mass is 9.92. The lowest BCUT2D eigenvalue weighted by molar-refractivity contribution is 0.0609. The molecule has 0 bridgehead atoms. The van der Waals surface area contributed by atoms with Crippen molar-refractivity contribution in [2.24, 2.45) is 5.73 Å². The zero-order chi connectivity index (χ0) is 12.5. The number of halogens is 4. The molecule has 2 nitrogen and oxygen atoms in total. The molecule has 0 saturated heterocycles. The summed E-state index contributed by atoms with van der Waals surface area (Å²) in [4.78, 5) is 0. The second-order valence-corrected chi connectivity index (χ2v) is 3.90. The van der Waals surface area contributed by atoms with Crippen LogP contribution in [0, 0.1) is 5.82 Å². The molecule has 0 spiro atoms. The van der Waals surface area contributed by atoms with Gasteiger partial charge in [0.05, 0.1) is 12.1 Å². The van der Waals surface area contributed by atoms with E-state index in [1.165, 1.54) is 13.2 Å². The number of ether oxygens (including phenoxy) is 1. The molecule has 0 aliphatic heterocycles. The maximum absolute atomic E-state index is 13.2. The number of hydrogen-bond acceptors (Lipinski definition) is 2. The zero-order valence-electron chi connectivity index (χ0n) is 8.73. The molecule has 6 heteroatoms. The van der Waals surface area contributed by atoms with Crippen molar-refractivity contribution < 1.29 is 17.9 Å². The third kappa shape index (κ3) is 2.10. The van der Waals surface area contributed by atoms with Crippen molar-refractivity contribution >= 4 is 11.6 Å². The van der Waals surface area contributed by atoms with E-state index < -0.39 is 22.8 Å². The van der Waals surface area contributed by atoms with Crippen LogP contribution in [0.3, 0.4) is 0 Å². The molecule has 0 aromatic heterocycles. The summed E-state index contributed by atoms with van der Waals surface area (Å²) in [6, 6.07) is 2.25. The smallest absolute Gasteiger partial charge is 0.260 e. The predicted octanol–water partition coefficient (Wildman–Crippen LogP) is 2.93. The molecule has 0 heterocycles. The summed E-state index contributed by atoms with van der Waals surface area (Å²) < 4.78 is 43.6. The van der Waals surface area contributed by atoms with Gasteiger partial charge >= 0.3 is 0 Å². The van der Waals surface area contributed by atoms with Gasteiger partial charge in [-0.1, -0.05) is 11.6 Å². The van der Waals surface area contributed by atoms with Crippen molar-refractivity contribution in [1.29, 1.82) is 0 Å². The van der Waals surface area contributed by atoms with Crippen LogP contribution in [-0.2, 0) is 5.54 Å². The van der Waals surface area contributed by atoms with Crippen LogP contribution in [0.25, 0.3) is 0 Å². The molecule has 16 heavy (non-hydrogen) atoms. The highest BCUT2D eigenvalue weighted by Gasteiger charge is 2.38. The fourth-order valence-electron chi connectivity index (χ4n) is 1.31. The van der Waals surface area contributed by atoms with Crippen LogP contribution >= 0.6 is 11.6 Å². The quantitative estimate of drug-likeness (QED) is 0.899. The normalized spacial score (nSPS) is 15.0. The number of nitrogens with two attached hydrogens (primary N) is 1. The van der Waals surface area contributed by atoms with Gasteiger partial charge in [-0.3, -0.25) is 0 Å². The molecule has 0 aliphatic rings. The van der Waals surface area contributed by atoms with Gasteiger partial charge in [-0.15, -0.1) is 0 Å². The number of rotatable bonds is 3. The molecule has 1 aromatic rings.